The summed E-state index contributed by atoms with van der Waals surface area (Å²) in [5, 5.41) is 3.28. The Balaban J connectivity index is 2.31. The molecule has 16 heavy (non-hydrogen) atoms. The fourth-order valence-electron chi connectivity index (χ4n) is 1.36. The van der Waals surface area contributed by atoms with E-state index >= 15 is 0 Å². The van der Waals surface area contributed by atoms with Crippen LogP contribution in [0.25, 0.3) is 0 Å². The average Bonchev–Trinajstić information content (AvgIpc) is 2.25. The van der Waals surface area contributed by atoms with Crippen LogP contribution >= 0.6 is 31.9 Å². The predicted molar refractivity (Wildman–Crippen MR) is 74.1 cm³/mol. The van der Waals surface area contributed by atoms with Gasteiger partial charge in [-0.2, -0.15) is 0 Å². The first-order chi connectivity index (χ1) is 7.66. The molecule has 0 bridgehead atoms. The highest BCUT2D eigenvalue weighted by molar-refractivity contribution is 9.10. The number of pyridine rings is 1. The summed E-state index contributed by atoms with van der Waals surface area (Å²) in [6.45, 7) is 2.06. The number of anilines is 2. The molecule has 1 heterocycles. The fourth-order valence-corrected chi connectivity index (χ4v) is 2.07. The summed E-state index contributed by atoms with van der Waals surface area (Å²) in [5.41, 5.74) is 2.23. The molecule has 2 aromatic rings. The second-order valence-electron chi connectivity index (χ2n) is 3.38. The van der Waals surface area contributed by atoms with E-state index in [0.717, 1.165) is 20.6 Å². The number of benzene rings is 1. The van der Waals surface area contributed by atoms with Crippen LogP contribution in [-0.4, -0.2) is 4.98 Å². The summed E-state index contributed by atoms with van der Waals surface area (Å²) < 4.78 is 1.91. The van der Waals surface area contributed by atoms with E-state index in [9.17, 15) is 0 Å². The maximum atomic E-state index is 4.33. The number of hydrogen-bond acceptors (Lipinski definition) is 2. The Kier molecular flexibility index (Phi) is 3.61. The van der Waals surface area contributed by atoms with Gasteiger partial charge in [0.25, 0.3) is 0 Å². The van der Waals surface area contributed by atoms with Gasteiger partial charge in [0, 0.05) is 10.2 Å². The third kappa shape index (κ3) is 2.62. The molecule has 0 amide bonds. The topological polar surface area (TPSA) is 24.9 Å². The van der Waals surface area contributed by atoms with Gasteiger partial charge in [0.05, 0.1) is 0 Å². The maximum Gasteiger partial charge on any atom is 0.131 e. The van der Waals surface area contributed by atoms with E-state index in [0.29, 0.717) is 0 Å². The molecule has 1 aromatic heterocycles. The Morgan fingerprint density at radius 2 is 1.81 bits per heavy atom. The largest absolute Gasteiger partial charge is 0.340 e. The average molecular weight is 342 g/mol. The van der Waals surface area contributed by atoms with E-state index in [4.69, 9.17) is 0 Å². The highest BCUT2D eigenvalue weighted by Crippen LogP contribution is 2.26. The van der Waals surface area contributed by atoms with Crippen molar-refractivity contribution in [2.24, 2.45) is 0 Å². The number of nitrogens with zero attached hydrogens (tertiary/aromatic N) is 1. The molecule has 1 aromatic carbocycles. The zero-order valence-corrected chi connectivity index (χ0v) is 11.8. The van der Waals surface area contributed by atoms with Gasteiger partial charge >= 0.3 is 0 Å². The monoisotopic (exact) mass is 340 g/mol. The first-order valence-electron chi connectivity index (χ1n) is 4.81. The summed E-state index contributed by atoms with van der Waals surface area (Å²) in [6.07, 6.45) is 0. The number of aromatic nitrogens is 1. The van der Waals surface area contributed by atoms with E-state index in [-0.39, 0.29) is 0 Å². The molecule has 0 fully saturated rings. The van der Waals surface area contributed by atoms with E-state index in [1.54, 1.807) is 0 Å². The van der Waals surface area contributed by atoms with Crippen LogP contribution in [0.2, 0.25) is 0 Å². The predicted octanol–water partition coefficient (Wildman–Crippen LogP) is 4.66. The smallest absolute Gasteiger partial charge is 0.131 e. The van der Waals surface area contributed by atoms with Crippen molar-refractivity contribution in [3.8, 4) is 0 Å². The Hall–Kier alpha value is -0.870. The normalized spacial score (nSPS) is 10.2. The number of hydrogen-bond donors (Lipinski definition) is 1. The van der Waals surface area contributed by atoms with Gasteiger partial charge in [-0.25, -0.2) is 4.98 Å². The molecule has 2 nitrogen and oxygen atoms in total. The lowest BCUT2D eigenvalue weighted by atomic mass is 10.2. The molecule has 0 spiro atoms. The Bertz CT molecular complexity index is 512. The molecule has 0 aliphatic heterocycles. The number of rotatable bonds is 2. The van der Waals surface area contributed by atoms with Crippen LogP contribution < -0.4 is 5.32 Å². The summed E-state index contributed by atoms with van der Waals surface area (Å²) in [5.74, 6) is 0.829. The molecule has 82 valence electrons. The van der Waals surface area contributed by atoms with Crippen LogP contribution in [0.3, 0.4) is 0 Å². The summed E-state index contributed by atoms with van der Waals surface area (Å²) in [7, 11) is 0. The summed E-state index contributed by atoms with van der Waals surface area (Å²) in [4.78, 5) is 4.33. The van der Waals surface area contributed by atoms with Crippen LogP contribution in [0.1, 0.15) is 5.56 Å². The minimum Gasteiger partial charge on any atom is -0.340 e. The van der Waals surface area contributed by atoms with Crippen LogP contribution in [0.4, 0.5) is 11.5 Å². The number of halogens is 2. The molecular weight excluding hydrogens is 332 g/mol. The van der Waals surface area contributed by atoms with Crippen molar-refractivity contribution < 1.29 is 0 Å². The third-order valence-corrected chi connectivity index (χ3v) is 3.55. The van der Waals surface area contributed by atoms with Crippen molar-refractivity contribution in [1.82, 2.24) is 4.98 Å². The molecule has 0 unspecified atom stereocenters. The van der Waals surface area contributed by atoms with Crippen LogP contribution in [-0.2, 0) is 0 Å². The van der Waals surface area contributed by atoms with Gasteiger partial charge in [-0.1, -0.05) is 28.1 Å². The van der Waals surface area contributed by atoms with E-state index < -0.39 is 0 Å². The highest BCUT2D eigenvalue weighted by Gasteiger charge is 2.02. The van der Waals surface area contributed by atoms with Crippen LogP contribution in [0.5, 0.6) is 0 Å². The molecule has 0 aliphatic carbocycles. The zero-order valence-electron chi connectivity index (χ0n) is 8.67. The maximum absolute atomic E-state index is 4.33. The van der Waals surface area contributed by atoms with Crippen molar-refractivity contribution in [1.29, 1.82) is 0 Å². The Morgan fingerprint density at radius 1 is 1.06 bits per heavy atom. The van der Waals surface area contributed by atoms with E-state index in [1.165, 1.54) is 5.56 Å². The van der Waals surface area contributed by atoms with Crippen molar-refractivity contribution >= 4 is 43.4 Å². The summed E-state index contributed by atoms with van der Waals surface area (Å²) in [6, 6.07) is 11.8. The lowest BCUT2D eigenvalue weighted by Crippen LogP contribution is -1.95. The van der Waals surface area contributed by atoms with Gasteiger partial charge in [-0.15, -0.1) is 0 Å². The lowest BCUT2D eigenvalue weighted by molar-refractivity contribution is 1.26. The van der Waals surface area contributed by atoms with E-state index in [1.807, 2.05) is 36.4 Å². The molecule has 0 atom stereocenters. The first kappa shape index (κ1) is 11.6. The fraction of sp³-hybridized carbons (Fsp3) is 0.0833. The second-order valence-corrected chi connectivity index (χ2v) is 5.05. The minimum atomic E-state index is 0.824. The van der Waals surface area contributed by atoms with Crippen molar-refractivity contribution in [2.45, 2.75) is 6.92 Å². The van der Waals surface area contributed by atoms with Gasteiger partial charge in [-0.05, 0) is 52.7 Å². The van der Waals surface area contributed by atoms with Crippen LogP contribution in [0, 0.1) is 6.92 Å². The minimum absolute atomic E-state index is 0.824. The first-order valence-corrected chi connectivity index (χ1v) is 6.40. The van der Waals surface area contributed by atoms with E-state index in [2.05, 4.69) is 49.1 Å². The molecule has 0 aliphatic rings. The molecule has 0 saturated heterocycles. The van der Waals surface area contributed by atoms with Crippen molar-refractivity contribution in [3.63, 3.8) is 0 Å². The molecule has 1 N–H and O–H groups in total. The molecule has 0 saturated carbocycles. The molecule has 2 rings (SSSR count). The lowest BCUT2D eigenvalue weighted by Gasteiger charge is -2.09. The quantitative estimate of drug-likeness (QED) is 0.803. The van der Waals surface area contributed by atoms with Gasteiger partial charge < -0.3 is 5.32 Å². The second kappa shape index (κ2) is 4.97. The third-order valence-electron chi connectivity index (χ3n) is 2.25. The number of nitrogens with one attached hydrogen (secondary N) is 1. The molecule has 0 radical (unpaired) electrons. The van der Waals surface area contributed by atoms with Gasteiger partial charge in [0.15, 0.2) is 0 Å². The van der Waals surface area contributed by atoms with Crippen molar-refractivity contribution in [2.75, 3.05) is 5.32 Å². The standard InChI is InChI=1S/C12H10Br2N2/c1-8-9(13)4-2-5-10(8)15-12-7-3-6-11(14)16-12/h2-7H,1H3,(H,15,16). The SMILES string of the molecule is Cc1c(Br)cccc1Nc1cccc(Br)n1. The highest BCUT2D eigenvalue weighted by atomic mass is 79.9. The Labute approximate surface area is 111 Å². The van der Waals surface area contributed by atoms with Gasteiger partial charge in [0.2, 0.25) is 0 Å². The van der Waals surface area contributed by atoms with Gasteiger partial charge in [0.1, 0.15) is 10.4 Å². The zero-order chi connectivity index (χ0) is 11.5. The molecular formula is C12H10Br2N2. The summed E-state index contributed by atoms with van der Waals surface area (Å²) >= 11 is 6.85. The van der Waals surface area contributed by atoms with Crippen LogP contribution in [0.15, 0.2) is 45.5 Å². The Morgan fingerprint density at radius 3 is 2.56 bits per heavy atom. The molecule has 4 heteroatoms. The van der Waals surface area contributed by atoms with Gasteiger partial charge in [-0.3, -0.25) is 0 Å². The van der Waals surface area contributed by atoms with Crippen molar-refractivity contribution in [3.05, 3.63) is 51.0 Å².